The molecule has 0 aliphatic carbocycles. The lowest BCUT2D eigenvalue weighted by Crippen LogP contribution is -2.12. The highest BCUT2D eigenvalue weighted by atomic mass is 16.1. The third-order valence-electron chi connectivity index (χ3n) is 5.06. The van der Waals surface area contributed by atoms with Gasteiger partial charge in [-0.25, -0.2) is 0 Å². The number of carbonyl (C=O) groups is 1. The first kappa shape index (κ1) is 20.1. The minimum absolute atomic E-state index is 0.185. The number of fused-ring (bicyclic) bond motifs is 1. The van der Waals surface area contributed by atoms with Gasteiger partial charge in [0, 0.05) is 64.7 Å². The van der Waals surface area contributed by atoms with Crippen LogP contribution in [0, 0.1) is 0 Å². The van der Waals surface area contributed by atoms with E-state index in [4.69, 9.17) is 0 Å². The maximum Gasteiger partial charge on any atom is 0.255 e. The van der Waals surface area contributed by atoms with Gasteiger partial charge in [-0.3, -0.25) is 19.7 Å². The molecule has 5 aromatic rings. The van der Waals surface area contributed by atoms with E-state index in [1.807, 2.05) is 66.7 Å². The van der Waals surface area contributed by atoms with Crippen molar-refractivity contribution in [1.82, 2.24) is 15.0 Å². The van der Waals surface area contributed by atoms with E-state index in [9.17, 15) is 4.79 Å². The normalized spacial score (nSPS) is 10.5. The lowest BCUT2D eigenvalue weighted by Gasteiger charge is -2.11. The molecule has 7 heteroatoms. The monoisotopic (exact) mass is 432 g/mol. The molecule has 0 saturated heterocycles. The van der Waals surface area contributed by atoms with Crippen LogP contribution in [0.25, 0.3) is 10.9 Å². The van der Waals surface area contributed by atoms with Crippen LogP contribution in [0.5, 0.6) is 0 Å². The Balaban J connectivity index is 1.28. The summed E-state index contributed by atoms with van der Waals surface area (Å²) in [5, 5.41) is 10.5. The fourth-order valence-electron chi connectivity index (χ4n) is 3.43. The van der Waals surface area contributed by atoms with E-state index in [2.05, 4.69) is 30.9 Å². The van der Waals surface area contributed by atoms with Crippen LogP contribution < -0.4 is 16.0 Å². The van der Waals surface area contributed by atoms with Gasteiger partial charge in [0.1, 0.15) is 0 Å². The van der Waals surface area contributed by atoms with Crippen LogP contribution in [0.4, 0.5) is 28.4 Å². The van der Waals surface area contributed by atoms with Gasteiger partial charge in [0.25, 0.3) is 5.91 Å². The van der Waals surface area contributed by atoms with Crippen LogP contribution in [-0.4, -0.2) is 20.9 Å². The standard InChI is InChI=1S/C26H20N6O/c33-26(32-20-6-4-19(5-7-20)30-21-8-12-27-13-9-21)18-2-1-3-22(16-18)31-25-11-15-29-24-10-14-28-17-23(24)25/h1-17H,(H,27,30)(H,29,31)(H,32,33). The van der Waals surface area contributed by atoms with Crippen LogP contribution in [0.3, 0.4) is 0 Å². The van der Waals surface area contributed by atoms with E-state index in [-0.39, 0.29) is 5.91 Å². The molecule has 0 radical (unpaired) electrons. The fourth-order valence-corrected chi connectivity index (χ4v) is 3.43. The number of hydrogen-bond acceptors (Lipinski definition) is 6. The highest BCUT2D eigenvalue weighted by molar-refractivity contribution is 6.05. The Hall–Kier alpha value is -4.78. The highest BCUT2D eigenvalue weighted by Crippen LogP contribution is 2.25. The molecule has 33 heavy (non-hydrogen) atoms. The van der Waals surface area contributed by atoms with E-state index >= 15 is 0 Å². The second-order valence-electron chi connectivity index (χ2n) is 7.35. The highest BCUT2D eigenvalue weighted by Gasteiger charge is 2.09. The molecule has 7 nitrogen and oxygen atoms in total. The SMILES string of the molecule is O=C(Nc1ccc(Nc2ccncc2)cc1)c1cccc(Nc2ccnc3ccncc23)c1. The second-order valence-corrected chi connectivity index (χ2v) is 7.35. The van der Waals surface area contributed by atoms with Crippen LogP contribution in [0.15, 0.2) is 104 Å². The van der Waals surface area contributed by atoms with E-state index in [0.29, 0.717) is 11.3 Å². The minimum atomic E-state index is -0.185. The molecule has 0 aliphatic rings. The molecule has 0 fully saturated rings. The molecule has 0 spiro atoms. The number of nitrogens with one attached hydrogen (secondary N) is 3. The van der Waals surface area contributed by atoms with Crippen LogP contribution in [-0.2, 0) is 0 Å². The second kappa shape index (κ2) is 9.15. The first-order valence-corrected chi connectivity index (χ1v) is 10.4. The number of aromatic nitrogens is 3. The molecule has 0 bridgehead atoms. The van der Waals surface area contributed by atoms with Crippen molar-refractivity contribution in [3.05, 3.63) is 109 Å². The molecule has 0 aliphatic heterocycles. The van der Waals surface area contributed by atoms with Crippen molar-refractivity contribution in [2.45, 2.75) is 0 Å². The van der Waals surface area contributed by atoms with Gasteiger partial charge in [0.2, 0.25) is 0 Å². The quantitative estimate of drug-likeness (QED) is 0.316. The number of carbonyl (C=O) groups excluding carboxylic acids is 1. The van der Waals surface area contributed by atoms with Gasteiger partial charge in [-0.15, -0.1) is 0 Å². The number of benzene rings is 2. The predicted octanol–water partition coefficient (Wildman–Crippen LogP) is 5.76. The minimum Gasteiger partial charge on any atom is -0.355 e. The topological polar surface area (TPSA) is 91.8 Å². The van der Waals surface area contributed by atoms with E-state index < -0.39 is 0 Å². The lowest BCUT2D eigenvalue weighted by molar-refractivity contribution is 0.102. The maximum absolute atomic E-state index is 12.8. The van der Waals surface area contributed by atoms with Crippen molar-refractivity contribution in [2.75, 3.05) is 16.0 Å². The van der Waals surface area contributed by atoms with Gasteiger partial charge in [0.05, 0.1) is 11.2 Å². The van der Waals surface area contributed by atoms with Gasteiger partial charge >= 0.3 is 0 Å². The number of hydrogen-bond donors (Lipinski definition) is 3. The van der Waals surface area contributed by atoms with E-state index in [1.54, 1.807) is 37.1 Å². The van der Waals surface area contributed by atoms with Gasteiger partial charge < -0.3 is 16.0 Å². The van der Waals surface area contributed by atoms with Crippen molar-refractivity contribution in [2.24, 2.45) is 0 Å². The van der Waals surface area contributed by atoms with Gasteiger partial charge in [-0.1, -0.05) is 6.07 Å². The zero-order valence-electron chi connectivity index (χ0n) is 17.6. The van der Waals surface area contributed by atoms with Crippen molar-refractivity contribution in [1.29, 1.82) is 0 Å². The number of anilines is 5. The van der Waals surface area contributed by atoms with E-state index in [1.165, 1.54) is 0 Å². The lowest BCUT2D eigenvalue weighted by atomic mass is 10.1. The third kappa shape index (κ3) is 4.77. The first-order valence-electron chi connectivity index (χ1n) is 10.4. The van der Waals surface area contributed by atoms with E-state index in [0.717, 1.165) is 33.7 Å². The molecule has 5 rings (SSSR count). The third-order valence-corrected chi connectivity index (χ3v) is 5.06. The molecule has 3 aromatic heterocycles. The molecule has 1 amide bonds. The average Bonchev–Trinajstić information content (AvgIpc) is 2.86. The summed E-state index contributed by atoms with van der Waals surface area (Å²) < 4.78 is 0. The van der Waals surface area contributed by atoms with Gasteiger partial charge in [-0.05, 0) is 66.7 Å². The summed E-state index contributed by atoms with van der Waals surface area (Å²) in [5.74, 6) is -0.185. The Bertz CT molecular complexity index is 1400. The molecular weight excluding hydrogens is 412 g/mol. The molecule has 3 heterocycles. The van der Waals surface area contributed by atoms with Crippen molar-refractivity contribution < 1.29 is 4.79 Å². The Morgan fingerprint density at radius 2 is 1.42 bits per heavy atom. The zero-order chi connectivity index (χ0) is 22.5. The van der Waals surface area contributed by atoms with Crippen molar-refractivity contribution in [3.8, 4) is 0 Å². The number of rotatable bonds is 6. The summed E-state index contributed by atoms with van der Waals surface area (Å²) in [6, 6.07) is 22.4. The largest absolute Gasteiger partial charge is 0.355 e. The summed E-state index contributed by atoms with van der Waals surface area (Å²) in [5.41, 5.74) is 5.67. The Morgan fingerprint density at radius 1 is 0.667 bits per heavy atom. The van der Waals surface area contributed by atoms with Crippen molar-refractivity contribution >= 4 is 45.2 Å². The predicted molar refractivity (Wildman–Crippen MR) is 131 cm³/mol. The summed E-state index contributed by atoms with van der Waals surface area (Å²) >= 11 is 0. The summed E-state index contributed by atoms with van der Waals surface area (Å²) in [4.78, 5) is 25.4. The molecule has 0 unspecified atom stereocenters. The molecule has 0 saturated carbocycles. The smallest absolute Gasteiger partial charge is 0.255 e. The molecule has 2 aromatic carbocycles. The fraction of sp³-hybridized carbons (Fsp3) is 0. The number of nitrogens with zero attached hydrogens (tertiary/aromatic N) is 3. The van der Waals surface area contributed by atoms with Crippen LogP contribution in [0.1, 0.15) is 10.4 Å². The Kier molecular flexibility index (Phi) is 5.59. The Labute approximate surface area is 190 Å². The van der Waals surface area contributed by atoms with Crippen LogP contribution >= 0.6 is 0 Å². The van der Waals surface area contributed by atoms with Gasteiger partial charge in [0.15, 0.2) is 0 Å². The molecular formula is C26H20N6O. The average molecular weight is 432 g/mol. The zero-order valence-corrected chi connectivity index (χ0v) is 17.6. The van der Waals surface area contributed by atoms with Crippen LogP contribution in [0.2, 0.25) is 0 Å². The Morgan fingerprint density at radius 3 is 2.27 bits per heavy atom. The van der Waals surface area contributed by atoms with Gasteiger partial charge in [-0.2, -0.15) is 0 Å². The number of amides is 1. The summed E-state index contributed by atoms with van der Waals surface area (Å²) in [6.45, 7) is 0. The molecule has 160 valence electrons. The molecule has 0 atom stereocenters. The maximum atomic E-state index is 12.8. The summed E-state index contributed by atoms with van der Waals surface area (Å²) in [7, 11) is 0. The molecule has 3 N–H and O–H groups in total. The van der Waals surface area contributed by atoms with Crippen molar-refractivity contribution in [3.63, 3.8) is 0 Å². The number of pyridine rings is 3. The summed E-state index contributed by atoms with van der Waals surface area (Å²) in [6.07, 6.45) is 8.69. The first-order chi connectivity index (χ1) is 16.2.